The number of carbonyl (C=O) groups is 4. The van der Waals surface area contributed by atoms with E-state index in [2.05, 4.69) is 10.6 Å². The van der Waals surface area contributed by atoms with Crippen molar-refractivity contribution in [2.24, 2.45) is 0 Å². The number of ether oxygens (including phenoxy) is 1. The molecule has 0 bridgehead atoms. The Kier molecular flexibility index (Phi) is 5.67. The highest BCUT2D eigenvalue weighted by Crippen LogP contribution is 2.28. The van der Waals surface area contributed by atoms with Crippen molar-refractivity contribution in [2.45, 2.75) is 51.1 Å². The van der Waals surface area contributed by atoms with Gasteiger partial charge in [-0.15, -0.1) is 0 Å². The van der Waals surface area contributed by atoms with Crippen LogP contribution in [0.2, 0.25) is 0 Å². The molecule has 1 aromatic carbocycles. The monoisotopic (exact) mass is 387 g/mol. The average molecular weight is 387 g/mol. The Balaban J connectivity index is 1.55. The summed E-state index contributed by atoms with van der Waals surface area (Å²) in [5.74, 6) is -1.71. The summed E-state index contributed by atoms with van der Waals surface area (Å²) < 4.78 is 4.94. The van der Waals surface area contributed by atoms with Gasteiger partial charge >= 0.3 is 12.0 Å². The summed E-state index contributed by atoms with van der Waals surface area (Å²) in [6.07, 6.45) is 4.02. The fraction of sp³-hybridized carbons (Fsp3) is 0.500. The molecule has 4 amide bonds. The molecule has 0 spiro atoms. The maximum Gasteiger partial charge on any atom is 0.326 e. The van der Waals surface area contributed by atoms with E-state index in [4.69, 9.17) is 4.74 Å². The van der Waals surface area contributed by atoms with E-state index in [1.54, 1.807) is 19.1 Å². The Morgan fingerprint density at radius 1 is 1.21 bits per heavy atom. The van der Waals surface area contributed by atoms with Gasteiger partial charge in [-0.3, -0.25) is 19.3 Å². The highest BCUT2D eigenvalue weighted by molar-refractivity contribution is 6.08. The van der Waals surface area contributed by atoms with E-state index >= 15 is 0 Å². The van der Waals surface area contributed by atoms with Crippen LogP contribution in [0.3, 0.4) is 0 Å². The third kappa shape index (κ3) is 4.16. The van der Waals surface area contributed by atoms with Gasteiger partial charge in [0.15, 0.2) is 6.61 Å². The fourth-order valence-electron chi connectivity index (χ4n) is 3.58. The molecule has 150 valence electrons. The van der Waals surface area contributed by atoms with Gasteiger partial charge in [-0.1, -0.05) is 42.7 Å². The van der Waals surface area contributed by atoms with Gasteiger partial charge in [-0.25, -0.2) is 4.79 Å². The summed E-state index contributed by atoms with van der Waals surface area (Å²) in [4.78, 5) is 49.7. The molecular weight excluding hydrogens is 362 g/mol. The van der Waals surface area contributed by atoms with E-state index in [0.717, 1.165) is 36.1 Å². The van der Waals surface area contributed by atoms with Crippen molar-refractivity contribution in [1.82, 2.24) is 15.5 Å². The second-order valence-corrected chi connectivity index (χ2v) is 7.52. The van der Waals surface area contributed by atoms with Gasteiger partial charge in [0.05, 0.1) is 0 Å². The molecular formula is C20H25N3O5. The molecule has 1 atom stereocenters. The number of esters is 1. The van der Waals surface area contributed by atoms with Crippen molar-refractivity contribution in [3.63, 3.8) is 0 Å². The van der Waals surface area contributed by atoms with Crippen LogP contribution < -0.4 is 10.6 Å². The Morgan fingerprint density at radius 2 is 1.86 bits per heavy atom. The third-order valence-corrected chi connectivity index (χ3v) is 5.28. The van der Waals surface area contributed by atoms with Crippen LogP contribution in [0.4, 0.5) is 4.79 Å². The Labute approximate surface area is 163 Å². The molecule has 1 heterocycles. The first kappa shape index (κ1) is 19.9. The SMILES string of the molecule is Cc1ccc([C@@]2(C)NC(=O)N(CC(=O)OCC(=O)NC3CCCC3)C2=O)cc1. The van der Waals surface area contributed by atoms with Crippen molar-refractivity contribution >= 4 is 23.8 Å². The molecule has 1 aromatic rings. The number of hydrogen-bond acceptors (Lipinski definition) is 5. The van der Waals surface area contributed by atoms with Gasteiger partial charge in [0, 0.05) is 6.04 Å². The van der Waals surface area contributed by atoms with Gasteiger partial charge in [0.1, 0.15) is 12.1 Å². The number of nitrogens with zero attached hydrogens (tertiary/aromatic N) is 1. The van der Waals surface area contributed by atoms with Crippen LogP contribution in [0.5, 0.6) is 0 Å². The number of hydrogen-bond donors (Lipinski definition) is 2. The molecule has 0 unspecified atom stereocenters. The van der Waals surface area contributed by atoms with Crippen LogP contribution in [0, 0.1) is 6.92 Å². The second kappa shape index (κ2) is 8.00. The number of nitrogens with one attached hydrogen (secondary N) is 2. The Hall–Kier alpha value is -2.90. The van der Waals surface area contributed by atoms with Crippen molar-refractivity contribution in [2.75, 3.05) is 13.2 Å². The predicted molar refractivity (Wildman–Crippen MR) is 100 cm³/mol. The van der Waals surface area contributed by atoms with E-state index in [0.29, 0.717) is 5.56 Å². The maximum absolute atomic E-state index is 12.8. The van der Waals surface area contributed by atoms with Crippen molar-refractivity contribution in [3.8, 4) is 0 Å². The molecule has 8 heteroatoms. The first-order valence-corrected chi connectivity index (χ1v) is 9.46. The van der Waals surface area contributed by atoms with Gasteiger partial charge < -0.3 is 15.4 Å². The lowest BCUT2D eigenvalue weighted by Gasteiger charge is -2.22. The van der Waals surface area contributed by atoms with Crippen molar-refractivity contribution < 1.29 is 23.9 Å². The molecule has 28 heavy (non-hydrogen) atoms. The van der Waals surface area contributed by atoms with E-state index < -0.39 is 36.6 Å². The minimum Gasteiger partial charge on any atom is -0.454 e. The third-order valence-electron chi connectivity index (χ3n) is 5.28. The molecule has 8 nitrogen and oxygen atoms in total. The summed E-state index contributed by atoms with van der Waals surface area (Å²) in [6.45, 7) is 2.56. The largest absolute Gasteiger partial charge is 0.454 e. The Bertz CT molecular complexity index is 786. The molecule has 3 rings (SSSR count). The van der Waals surface area contributed by atoms with Crippen molar-refractivity contribution in [1.29, 1.82) is 0 Å². The first-order chi connectivity index (χ1) is 13.3. The summed E-state index contributed by atoms with van der Waals surface area (Å²) in [6, 6.07) is 6.69. The zero-order chi connectivity index (χ0) is 20.3. The number of carbonyl (C=O) groups excluding carboxylic acids is 4. The minimum atomic E-state index is -1.25. The molecule has 2 fully saturated rings. The number of imide groups is 1. The van der Waals surface area contributed by atoms with E-state index in [9.17, 15) is 19.2 Å². The summed E-state index contributed by atoms with van der Waals surface area (Å²) >= 11 is 0. The molecule has 1 saturated carbocycles. The quantitative estimate of drug-likeness (QED) is 0.567. The van der Waals surface area contributed by atoms with Crippen LogP contribution in [-0.2, 0) is 24.7 Å². The highest BCUT2D eigenvalue weighted by atomic mass is 16.5. The number of aryl methyl sites for hydroxylation is 1. The summed E-state index contributed by atoms with van der Waals surface area (Å²) in [5, 5.41) is 5.44. The average Bonchev–Trinajstić information content (AvgIpc) is 3.23. The van der Waals surface area contributed by atoms with Gasteiger partial charge in [0.25, 0.3) is 11.8 Å². The molecule has 0 radical (unpaired) electrons. The minimum absolute atomic E-state index is 0.132. The first-order valence-electron chi connectivity index (χ1n) is 9.46. The van der Waals surface area contributed by atoms with E-state index in [1.807, 2.05) is 19.1 Å². The molecule has 1 aliphatic heterocycles. The van der Waals surface area contributed by atoms with E-state index in [1.165, 1.54) is 0 Å². The van der Waals surface area contributed by atoms with Crippen LogP contribution >= 0.6 is 0 Å². The molecule has 2 aliphatic rings. The topological polar surface area (TPSA) is 105 Å². The predicted octanol–water partition coefficient (Wildman–Crippen LogP) is 1.36. The number of urea groups is 1. The molecule has 2 N–H and O–H groups in total. The van der Waals surface area contributed by atoms with Gasteiger partial charge in [-0.05, 0) is 32.3 Å². The fourth-order valence-corrected chi connectivity index (χ4v) is 3.58. The maximum atomic E-state index is 12.8. The summed E-state index contributed by atoms with van der Waals surface area (Å²) in [7, 11) is 0. The summed E-state index contributed by atoms with van der Waals surface area (Å²) in [5.41, 5.74) is 0.411. The van der Waals surface area contributed by atoms with Gasteiger partial charge in [-0.2, -0.15) is 0 Å². The molecule has 0 aromatic heterocycles. The Morgan fingerprint density at radius 3 is 2.50 bits per heavy atom. The van der Waals surface area contributed by atoms with Crippen molar-refractivity contribution in [3.05, 3.63) is 35.4 Å². The molecule has 1 saturated heterocycles. The number of amides is 4. The highest BCUT2D eigenvalue weighted by Gasteiger charge is 2.49. The van der Waals surface area contributed by atoms with Gasteiger partial charge in [0.2, 0.25) is 0 Å². The zero-order valence-corrected chi connectivity index (χ0v) is 16.1. The standard InChI is InChI=1S/C20H25N3O5/c1-13-7-9-14(10-8-13)20(2)18(26)23(19(27)22-20)11-17(25)28-12-16(24)21-15-5-3-4-6-15/h7-10,15H,3-6,11-12H2,1-2H3,(H,21,24)(H,22,27)/t20-/m1/s1. The lowest BCUT2D eigenvalue weighted by Crippen LogP contribution is -2.42. The lowest BCUT2D eigenvalue weighted by atomic mass is 9.91. The smallest absolute Gasteiger partial charge is 0.326 e. The van der Waals surface area contributed by atoms with Crippen LogP contribution in [0.1, 0.15) is 43.7 Å². The van der Waals surface area contributed by atoms with Crippen LogP contribution in [0.15, 0.2) is 24.3 Å². The van der Waals surface area contributed by atoms with Crippen LogP contribution in [-0.4, -0.2) is 47.9 Å². The second-order valence-electron chi connectivity index (χ2n) is 7.52. The number of rotatable bonds is 6. The van der Waals surface area contributed by atoms with Crippen LogP contribution in [0.25, 0.3) is 0 Å². The lowest BCUT2D eigenvalue weighted by molar-refractivity contribution is -0.151. The van der Waals surface area contributed by atoms with E-state index in [-0.39, 0.29) is 11.9 Å². The zero-order valence-electron chi connectivity index (χ0n) is 16.1. The normalized spacial score (nSPS) is 22.3. The molecule has 1 aliphatic carbocycles. The number of benzene rings is 1.